The van der Waals surface area contributed by atoms with Crippen LogP contribution in [0.3, 0.4) is 0 Å². The molecule has 0 aliphatic heterocycles. The molecule has 0 spiro atoms. The van der Waals surface area contributed by atoms with Gasteiger partial charge in [0.25, 0.3) is 0 Å². The lowest BCUT2D eigenvalue weighted by molar-refractivity contribution is 1.40. The maximum absolute atomic E-state index is 4.53. The molecule has 7 heavy (non-hydrogen) atoms. The van der Waals surface area contributed by atoms with E-state index in [0.29, 0.717) is 0 Å². The minimum Gasteiger partial charge on any atom is -0.0891 e. The second-order valence-corrected chi connectivity index (χ2v) is 1.35. The van der Waals surface area contributed by atoms with Crippen LogP contribution in [0.2, 0.25) is 0 Å². The molecule has 0 aliphatic rings. The lowest BCUT2D eigenvalue weighted by atomic mass is 10.4. The van der Waals surface area contributed by atoms with E-state index >= 15 is 0 Å². The van der Waals surface area contributed by atoms with E-state index in [1.54, 1.807) is 11.5 Å². The van der Waals surface area contributed by atoms with Gasteiger partial charge in [0.15, 0.2) is 0 Å². The van der Waals surface area contributed by atoms with Gasteiger partial charge in [0, 0.05) is 0 Å². The van der Waals surface area contributed by atoms with Crippen LogP contribution in [0.5, 0.6) is 0 Å². The van der Waals surface area contributed by atoms with Gasteiger partial charge >= 0.3 is 0 Å². The Bertz CT molecular complexity index is 62.2. The van der Waals surface area contributed by atoms with Gasteiger partial charge in [-0.1, -0.05) is 30.9 Å². The highest BCUT2D eigenvalue weighted by Crippen LogP contribution is 1.85. The fourth-order valence-electron chi connectivity index (χ4n) is 0.230. The monoisotopic (exact) mass is 112 g/mol. The van der Waals surface area contributed by atoms with Crippen LogP contribution in [0.25, 0.3) is 0 Å². The quantitative estimate of drug-likeness (QED) is 0.514. The summed E-state index contributed by atoms with van der Waals surface area (Å²) in [6.45, 7) is 3.51. The third-order valence-electron chi connectivity index (χ3n) is 0.535. The summed E-state index contributed by atoms with van der Waals surface area (Å²) in [5.74, 6) is 0. The predicted molar refractivity (Wildman–Crippen MR) is 35.8 cm³/mol. The molecule has 0 heterocycles. The molecule has 0 atom stereocenters. The highest BCUT2D eigenvalue weighted by atomic mass is 32.1. The number of hydrogen-bond acceptors (Lipinski definition) is 0. The van der Waals surface area contributed by atoms with E-state index in [1.165, 1.54) is 0 Å². The minimum atomic E-state index is 0.910. The van der Waals surface area contributed by atoms with E-state index in [4.69, 9.17) is 0 Å². The number of hydrogen-bond donors (Lipinski definition) is 0. The molecule has 0 bridgehead atoms. The fourth-order valence-corrected chi connectivity index (χ4v) is 0.341. The Labute approximate surface area is 50.3 Å². The number of allylic oxidation sites excluding steroid dienone is 3. The van der Waals surface area contributed by atoms with Crippen molar-refractivity contribution in [3.05, 3.63) is 30.6 Å². The first-order chi connectivity index (χ1) is 3.41. The van der Waals surface area contributed by atoms with E-state index in [2.05, 4.69) is 19.6 Å². The Kier molecular flexibility index (Phi) is 5.46. The van der Waals surface area contributed by atoms with Crippen molar-refractivity contribution in [1.29, 1.82) is 0 Å². The molecule has 38 valence electrons. The van der Waals surface area contributed by atoms with Gasteiger partial charge in [-0.3, -0.25) is 0 Å². The summed E-state index contributed by atoms with van der Waals surface area (Å²) in [4.78, 5) is 0. The van der Waals surface area contributed by atoms with Gasteiger partial charge in [-0.15, -0.1) is 0 Å². The highest BCUT2D eigenvalue weighted by molar-refractivity contribution is 7.83. The van der Waals surface area contributed by atoms with Crippen molar-refractivity contribution in [2.75, 3.05) is 0 Å². The first-order valence-electron chi connectivity index (χ1n) is 2.13. The van der Waals surface area contributed by atoms with Gasteiger partial charge in [-0.25, -0.2) is 0 Å². The van der Waals surface area contributed by atoms with E-state index in [-0.39, 0.29) is 0 Å². The molecule has 0 aromatic carbocycles. The summed E-state index contributed by atoms with van der Waals surface area (Å²) in [5, 5.41) is 1.61. The van der Waals surface area contributed by atoms with E-state index in [9.17, 15) is 0 Å². The summed E-state index contributed by atoms with van der Waals surface area (Å²) in [6, 6.07) is 0. The van der Waals surface area contributed by atoms with Crippen molar-refractivity contribution < 1.29 is 0 Å². The molecule has 0 saturated carbocycles. The van der Waals surface area contributed by atoms with Gasteiger partial charge in [0.05, 0.1) is 0 Å². The Morgan fingerprint density at radius 3 is 2.57 bits per heavy atom. The zero-order chi connectivity index (χ0) is 5.54. The summed E-state index contributed by atoms with van der Waals surface area (Å²) < 4.78 is 0. The zero-order valence-corrected chi connectivity index (χ0v) is 4.95. The summed E-state index contributed by atoms with van der Waals surface area (Å²) in [5.41, 5.74) is 0. The average molecular weight is 112 g/mol. The molecular formula is C6H8S. The number of rotatable bonds is 2. The molecule has 0 aromatic rings. The Hall–Kier alpha value is -0.300. The second-order valence-electron chi connectivity index (χ2n) is 1.08. The van der Waals surface area contributed by atoms with Gasteiger partial charge in [-0.05, 0) is 18.8 Å². The van der Waals surface area contributed by atoms with Crippen LogP contribution in [0.4, 0.5) is 0 Å². The molecule has 0 rings (SSSR count). The third-order valence-corrected chi connectivity index (χ3v) is 0.728. The van der Waals surface area contributed by atoms with Crippen molar-refractivity contribution in [2.24, 2.45) is 0 Å². The molecule has 1 heteroatoms. The molecule has 0 amide bonds. The Balaban J connectivity index is 2.98. The summed E-state index contributed by atoms with van der Waals surface area (Å²) in [6.07, 6.45) is 6.52. The molecule has 0 saturated heterocycles. The van der Waals surface area contributed by atoms with Crippen LogP contribution in [-0.2, 0) is 0 Å². The normalized spacial score (nSPS) is 11.6. The maximum Gasteiger partial charge on any atom is -0.00234 e. The smallest absolute Gasteiger partial charge is 0.00234 e. The van der Waals surface area contributed by atoms with Crippen LogP contribution in [0.15, 0.2) is 23.6 Å². The standard InChI is InChI=1S/C6H8S/c1-2-3-4-5-6-7/h2-3,5-6H,1,4H2. The van der Waals surface area contributed by atoms with Gasteiger partial charge in [0.2, 0.25) is 0 Å². The maximum atomic E-state index is 4.53. The van der Waals surface area contributed by atoms with Gasteiger partial charge in [-0.2, -0.15) is 0 Å². The van der Waals surface area contributed by atoms with Crippen molar-refractivity contribution in [1.82, 2.24) is 0 Å². The van der Waals surface area contributed by atoms with Crippen LogP contribution >= 0.6 is 12.6 Å². The molecule has 0 fully saturated rings. The minimum absolute atomic E-state index is 0.910. The molecule has 0 aromatic heterocycles. The SMILES string of the molecule is [CH2]C=CCC=C[S]. The van der Waals surface area contributed by atoms with E-state index in [1.807, 2.05) is 12.2 Å². The van der Waals surface area contributed by atoms with Gasteiger partial charge < -0.3 is 0 Å². The summed E-state index contributed by atoms with van der Waals surface area (Å²) >= 11 is 4.53. The van der Waals surface area contributed by atoms with Crippen molar-refractivity contribution in [2.45, 2.75) is 6.42 Å². The highest BCUT2D eigenvalue weighted by Gasteiger charge is 1.62. The molecule has 0 N–H and O–H groups in total. The Morgan fingerprint density at radius 1 is 1.43 bits per heavy atom. The first kappa shape index (κ1) is 6.70. The average Bonchev–Trinajstić information content (AvgIpc) is 1.69. The van der Waals surface area contributed by atoms with Crippen LogP contribution in [0, 0.1) is 6.92 Å². The van der Waals surface area contributed by atoms with Crippen LogP contribution in [-0.4, -0.2) is 0 Å². The first-order valence-corrected chi connectivity index (χ1v) is 2.60. The van der Waals surface area contributed by atoms with Crippen molar-refractivity contribution >= 4 is 12.6 Å². The van der Waals surface area contributed by atoms with Crippen LogP contribution in [0.1, 0.15) is 6.42 Å². The van der Waals surface area contributed by atoms with Crippen molar-refractivity contribution in [3.63, 3.8) is 0 Å². The van der Waals surface area contributed by atoms with Crippen molar-refractivity contribution in [3.8, 4) is 0 Å². The molecule has 0 unspecified atom stereocenters. The fraction of sp³-hybridized carbons (Fsp3) is 0.167. The molecular weight excluding hydrogens is 104 g/mol. The lowest BCUT2D eigenvalue weighted by Gasteiger charge is -1.72. The Morgan fingerprint density at radius 2 is 2.14 bits per heavy atom. The zero-order valence-electron chi connectivity index (χ0n) is 4.13. The molecule has 2 radical (unpaired) electrons. The third kappa shape index (κ3) is 5.70. The van der Waals surface area contributed by atoms with Gasteiger partial charge in [0.1, 0.15) is 0 Å². The lowest BCUT2D eigenvalue weighted by Crippen LogP contribution is -1.51. The van der Waals surface area contributed by atoms with E-state index in [0.717, 1.165) is 6.42 Å². The molecule has 0 nitrogen and oxygen atoms in total. The molecule has 0 aliphatic carbocycles. The topological polar surface area (TPSA) is 0 Å². The predicted octanol–water partition coefficient (Wildman–Crippen LogP) is 2.48. The summed E-state index contributed by atoms with van der Waals surface area (Å²) in [7, 11) is 0. The largest absolute Gasteiger partial charge is 0.0891 e. The van der Waals surface area contributed by atoms with E-state index < -0.39 is 0 Å². The van der Waals surface area contributed by atoms with Crippen LogP contribution < -0.4 is 0 Å². The second kappa shape index (κ2) is 5.70.